The van der Waals surface area contributed by atoms with Gasteiger partial charge in [-0.25, -0.2) is 9.97 Å². The summed E-state index contributed by atoms with van der Waals surface area (Å²) in [6.45, 7) is 2.92. The second-order valence-corrected chi connectivity index (χ2v) is 8.37. The number of benzene rings is 2. The number of hydrogen-bond donors (Lipinski definition) is 1. The van der Waals surface area contributed by atoms with Gasteiger partial charge in [-0.1, -0.05) is 30.3 Å². The summed E-state index contributed by atoms with van der Waals surface area (Å²) in [5.41, 5.74) is 10.0. The molecular formula is C23H22N4OS. The van der Waals surface area contributed by atoms with Crippen molar-refractivity contribution in [1.82, 2.24) is 14.9 Å². The first-order valence-electron chi connectivity index (χ1n) is 9.70. The molecule has 0 saturated heterocycles. The minimum atomic E-state index is 0.579. The van der Waals surface area contributed by atoms with Gasteiger partial charge in [0.1, 0.15) is 16.4 Å². The van der Waals surface area contributed by atoms with Crippen LogP contribution in [-0.4, -0.2) is 28.5 Å². The molecule has 0 atom stereocenters. The largest absolute Gasteiger partial charge is 0.497 e. The van der Waals surface area contributed by atoms with Crippen LogP contribution in [0.25, 0.3) is 21.6 Å². The van der Waals surface area contributed by atoms with Crippen molar-refractivity contribution in [3.8, 4) is 17.1 Å². The lowest BCUT2D eigenvalue weighted by Crippen LogP contribution is -2.29. The number of nitrogens with two attached hydrogens (primary N) is 1. The van der Waals surface area contributed by atoms with Crippen molar-refractivity contribution in [3.05, 3.63) is 70.6 Å². The van der Waals surface area contributed by atoms with Crippen LogP contribution in [0.15, 0.2) is 54.6 Å². The topological polar surface area (TPSA) is 64.3 Å². The fraction of sp³-hybridized carbons (Fsp3) is 0.217. The zero-order valence-corrected chi connectivity index (χ0v) is 17.1. The number of aromatic nitrogens is 2. The lowest BCUT2D eigenvalue weighted by atomic mass is 10.0. The molecule has 29 heavy (non-hydrogen) atoms. The standard InChI is InChI=1S/C23H22N4OS/c1-28-17-9-7-16(8-10-17)22-25-21(24)20-18-11-12-27(13-15-5-3-2-4-6-15)14-19(18)29-23(20)26-22/h2-10H,11-14H2,1H3,(H2,24,25,26). The molecule has 2 aromatic carbocycles. The van der Waals surface area contributed by atoms with Crippen LogP contribution in [0.2, 0.25) is 0 Å². The normalized spacial score (nSPS) is 14.1. The van der Waals surface area contributed by atoms with Gasteiger partial charge >= 0.3 is 0 Å². The molecule has 0 radical (unpaired) electrons. The van der Waals surface area contributed by atoms with Crippen LogP contribution >= 0.6 is 11.3 Å². The summed E-state index contributed by atoms with van der Waals surface area (Å²) >= 11 is 1.75. The predicted molar refractivity (Wildman–Crippen MR) is 118 cm³/mol. The van der Waals surface area contributed by atoms with E-state index in [4.69, 9.17) is 15.5 Å². The number of ether oxygens (including phenoxy) is 1. The molecule has 0 aliphatic carbocycles. The third kappa shape index (κ3) is 3.45. The maximum atomic E-state index is 6.39. The Kier molecular flexibility index (Phi) is 4.66. The van der Waals surface area contributed by atoms with E-state index in [0.29, 0.717) is 11.6 Å². The Balaban J connectivity index is 1.46. The first kappa shape index (κ1) is 18.1. The molecule has 1 aliphatic rings. The predicted octanol–water partition coefficient (Wildman–Crippen LogP) is 4.51. The van der Waals surface area contributed by atoms with Crippen molar-refractivity contribution < 1.29 is 4.74 Å². The molecule has 0 bridgehead atoms. The molecule has 146 valence electrons. The van der Waals surface area contributed by atoms with Gasteiger partial charge in [0.25, 0.3) is 0 Å². The summed E-state index contributed by atoms with van der Waals surface area (Å²) in [4.78, 5) is 14.3. The van der Waals surface area contributed by atoms with Crippen molar-refractivity contribution >= 4 is 27.4 Å². The van der Waals surface area contributed by atoms with Crippen molar-refractivity contribution in [2.24, 2.45) is 0 Å². The van der Waals surface area contributed by atoms with Crippen LogP contribution in [0.1, 0.15) is 16.0 Å². The monoisotopic (exact) mass is 402 g/mol. The number of thiophene rings is 1. The Morgan fingerprint density at radius 1 is 1.07 bits per heavy atom. The molecular weight excluding hydrogens is 380 g/mol. The first-order chi connectivity index (χ1) is 14.2. The van der Waals surface area contributed by atoms with Crippen molar-refractivity contribution in [2.45, 2.75) is 19.5 Å². The minimum absolute atomic E-state index is 0.579. The average molecular weight is 403 g/mol. The van der Waals surface area contributed by atoms with E-state index < -0.39 is 0 Å². The third-order valence-corrected chi connectivity index (χ3v) is 6.52. The van der Waals surface area contributed by atoms with E-state index in [1.807, 2.05) is 24.3 Å². The van der Waals surface area contributed by atoms with Crippen LogP contribution in [0, 0.1) is 0 Å². The van der Waals surface area contributed by atoms with E-state index in [0.717, 1.165) is 47.6 Å². The van der Waals surface area contributed by atoms with Gasteiger partial charge < -0.3 is 10.5 Å². The van der Waals surface area contributed by atoms with E-state index >= 15 is 0 Å². The second-order valence-electron chi connectivity index (χ2n) is 7.29. The highest BCUT2D eigenvalue weighted by molar-refractivity contribution is 7.19. The van der Waals surface area contributed by atoms with E-state index in [2.05, 4.69) is 40.2 Å². The molecule has 0 amide bonds. The highest BCUT2D eigenvalue weighted by atomic mass is 32.1. The summed E-state index contributed by atoms with van der Waals surface area (Å²) in [6.07, 6.45) is 0.984. The van der Waals surface area contributed by atoms with Crippen LogP contribution in [0.3, 0.4) is 0 Å². The first-order valence-corrected chi connectivity index (χ1v) is 10.5. The highest BCUT2D eigenvalue weighted by Gasteiger charge is 2.24. The van der Waals surface area contributed by atoms with Gasteiger partial charge in [-0.15, -0.1) is 11.3 Å². The zero-order valence-electron chi connectivity index (χ0n) is 16.3. The van der Waals surface area contributed by atoms with Gasteiger partial charge in [-0.2, -0.15) is 0 Å². The zero-order chi connectivity index (χ0) is 19.8. The molecule has 0 unspecified atom stereocenters. The van der Waals surface area contributed by atoms with Gasteiger partial charge in [-0.3, -0.25) is 4.90 Å². The van der Waals surface area contributed by atoms with Crippen LogP contribution in [0.5, 0.6) is 5.75 Å². The van der Waals surface area contributed by atoms with Gasteiger partial charge in [0.05, 0.1) is 12.5 Å². The van der Waals surface area contributed by atoms with E-state index in [1.54, 1.807) is 18.4 Å². The molecule has 5 rings (SSSR count). The van der Waals surface area contributed by atoms with Crippen molar-refractivity contribution in [2.75, 3.05) is 19.4 Å². The van der Waals surface area contributed by atoms with E-state index in [-0.39, 0.29) is 0 Å². The molecule has 5 nitrogen and oxygen atoms in total. The molecule has 1 aliphatic heterocycles. The number of methoxy groups -OCH3 is 1. The number of hydrogen-bond acceptors (Lipinski definition) is 6. The molecule has 4 aromatic rings. The Hall–Kier alpha value is -2.96. The van der Waals surface area contributed by atoms with Gasteiger partial charge in [0.15, 0.2) is 5.82 Å². The average Bonchev–Trinajstić information content (AvgIpc) is 3.12. The van der Waals surface area contributed by atoms with Crippen LogP contribution in [0.4, 0.5) is 5.82 Å². The SMILES string of the molecule is COc1ccc(-c2nc(N)c3c4c(sc3n2)CN(Cc2ccccc2)CC4)cc1. The number of fused-ring (bicyclic) bond motifs is 3. The lowest BCUT2D eigenvalue weighted by Gasteiger charge is -2.26. The highest BCUT2D eigenvalue weighted by Crippen LogP contribution is 2.38. The van der Waals surface area contributed by atoms with Gasteiger partial charge in [0.2, 0.25) is 0 Å². The maximum absolute atomic E-state index is 6.39. The number of nitrogens with zero attached hydrogens (tertiary/aromatic N) is 3. The quantitative estimate of drug-likeness (QED) is 0.544. The summed E-state index contributed by atoms with van der Waals surface area (Å²) in [5.74, 6) is 2.06. The molecule has 6 heteroatoms. The Labute approximate surface area is 173 Å². The Morgan fingerprint density at radius 2 is 1.86 bits per heavy atom. The Bertz CT molecular complexity index is 1160. The number of nitrogen functional groups attached to an aromatic ring is 1. The second kappa shape index (κ2) is 7.46. The van der Waals surface area contributed by atoms with Crippen molar-refractivity contribution in [1.29, 1.82) is 0 Å². The lowest BCUT2D eigenvalue weighted by molar-refractivity contribution is 0.249. The summed E-state index contributed by atoms with van der Waals surface area (Å²) in [7, 11) is 1.66. The third-order valence-electron chi connectivity index (χ3n) is 5.40. The summed E-state index contributed by atoms with van der Waals surface area (Å²) in [5, 5.41) is 1.04. The van der Waals surface area contributed by atoms with Gasteiger partial charge in [0, 0.05) is 30.1 Å². The van der Waals surface area contributed by atoms with Crippen LogP contribution < -0.4 is 10.5 Å². The molecule has 3 heterocycles. The fourth-order valence-corrected chi connectivity index (χ4v) is 5.19. The molecule has 0 fully saturated rings. The Morgan fingerprint density at radius 3 is 2.62 bits per heavy atom. The van der Waals surface area contributed by atoms with E-state index in [9.17, 15) is 0 Å². The molecule has 2 aromatic heterocycles. The van der Waals surface area contributed by atoms with E-state index in [1.165, 1.54) is 16.0 Å². The molecule has 0 saturated carbocycles. The molecule has 0 spiro atoms. The van der Waals surface area contributed by atoms with Crippen LogP contribution in [-0.2, 0) is 19.5 Å². The number of rotatable bonds is 4. The summed E-state index contributed by atoms with van der Waals surface area (Å²) < 4.78 is 5.24. The fourth-order valence-electron chi connectivity index (χ4n) is 3.92. The molecule has 2 N–H and O–H groups in total. The maximum Gasteiger partial charge on any atom is 0.163 e. The minimum Gasteiger partial charge on any atom is -0.497 e. The smallest absolute Gasteiger partial charge is 0.163 e. The van der Waals surface area contributed by atoms with Crippen molar-refractivity contribution in [3.63, 3.8) is 0 Å². The number of anilines is 1. The van der Waals surface area contributed by atoms with Gasteiger partial charge in [-0.05, 0) is 41.8 Å². The summed E-state index contributed by atoms with van der Waals surface area (Å²) in [6, 6.07) is 18.4.